The summed E-state index contributed by atoms with van der Waals surface area (Å²) in [6.45, 7) is 4.63. The van der Waals surface area contributed by atoms with E-state index in [1.54, 1.807) is 0 Å². The topological polar surface area (TPSA) is 133 Å². The van der Waals surface area contributed by atoms with E-state index in [-0.39, 0.29) is 51.0 Å². The van der Waals surface area contributed by atoms with Gasteiger partial charge in [-0.15, -0.1) is 0 Å². The molecule has 11 heteroatoms. The number of rotatable bonds is 48. The minimum atomic E-state index is -4.50. The zero-order valence-electron chi connectivity index (χ0n) is 39.3. The van der Waals surface area contributed by atoms with Crippen LogP contribution in [0.4, 0.5) is 0 Å². The first-order valence-electron chi connectivity index (χ1n) is 25.3. The molecule has 0 aromatic rings. The van der Waals surface area contributed by atoms with E-state index in [9.17, 15) is 25.9 Å². The molecule has 0 radical (unpaired) electrons. The Labute approximate surface area is 399 Å². The van der Waals surface area contributed by atoms with Gasteiger partial charge in [-0.1, -0.05) is 284 Å². The molecule has 0 rings (SSSR count). The predicted molar refractivity (Wildman–Crippen MR) is 252 cm³/mol. The normalized spacial score (nSPS) is 11.7. The molecule has 0 spiro atoms. The average Bonchev–Trinajstić information content (AvgIpc) is 3.18. The second-order valence-electron chi connectivity index (χ2n) is 17.3. The summed E-state index contributed by atoms with van der Waals surface area (Å²) >= 11 is 0. The van der Waals surface area contributed by atoms with E-state index in [1.165, 1.54) is 244 Å². The fourth-order valence-electron chi connectivity index (χ4n) is 7.74. The van der Waals surface area contributed by atoms with Crippen LogP contribution in [0.1, 0.15) is 296 Å². The summed E-state index contributed by atoms with van der Waals surface area (Å²) in [5.41, 5.74) is 0. The zero-order chi connectivity index (χ0) is 42.9. The van der Waals surface area contributed by atoms with Crippen molar-refractivity contribution in [2.24, 2.45) is 0 Å². The van der Waals surface area contributed by atoms with Crippen molar-refractivity contribution in [2.45, 2.75) is 296 Å². The summed E-state index contributed by atoms with van der Waals surface area (Å²) in [7, 11) is -9.00. The summed E-state index contributed by atoms with van der Waals surface area (Å²) in [5, 5.41) is 0. The van der Waals surface area contributed by atoms with Crippen LogP contribution in [0.2, 0.25) is 0 Å². The Bertz CT molecular complexity index is 904. The Kier molecular flexibility index (Phi) is 58.1. The van der Waals surface area contributed by atoms with Crippen molar-refractivity contribution < 1.29 is 34.3 Å². The smallest absolute Gasteiger partial charge is 0.726 e. The van der Waals surface area contributed by atoms with Gasteiger partial charge in [-0.25, -0.2) is 16.8 Å². The first-order valence-corrected chi connectivity index (χ1v) is 28.0. The van der Waals surface area contributed by atoms with Gasteiger partial charge >= 0.3 is 37.7 Å². The summed E-state index contributed by atoms with van der Waals surface area (Å²) in [4.78, 5) is 0. The second-order valence-corrected chi connectivity index (χ2v) is 19.4. The van der Waals surface area contributed by atoms with E-state index in [0.29, 0.717) is 12.8 Å². The van der Waals surface area contributed by atoms with Crippen molar-refractivity contribution in [1.29, 1.82) is 0 Å². The maximum Gasteiger partial charge on any atom is 2.00 e. The molecule has 0 atom stereocenters. The molecule has 0 saturated carbocycles. The van der Waals surface area contributed by atoms with E-state index < -0.39 is 20.8 Å². The third-order valence-corrected chi connectivity index (χ3v) is 12.4. The molecule has 0 unspecified atom stereocenters. The predicted octanol–water partition coefficient (Wildman–Crippen LogP) is 15.7. The molecule has 0 aliphatic carbocycles. The van der Waals surface area contributed by atoms with Gasteiger partial charge < -0.3 is 9.11 Å². The van der Waals surface area contributed by atoms with Crippen LogP contribution in [0, 0.1) is 0 Å². The molecule has 0 aliphatic rings. The molecule has 0 N–H and O–H groups in total. The second kappa shape index (κ2) is 53.3. The van der Waals surface area contributed by atoms with E-state index in [2.05, 4.69) is 22.2 Å². The molecule has 0 heterocycles. The quantitative estimate of drug-likeness (QED) is 0.0255. The van der Waals surface area contributed by atoms with E-state index in [1.807, 2.05) is 0 Å². The van der Waals surface area contributed by atoms with E-state index in [4.69, 9.17) is 0 Å². The van der Waals surface area contributed by atoms with Crippen LogP contribution in [0.5, 0.6) is 0 Å². The van der Waals surface area contributed by atoms with Crippen molar-refractivity contribution in [1.82, 2.24) is 0 Å². The van der Waals surface area contributed by atoms with Crippen molar-refractivity contribution in [2.75, 3.05) is 13.2 Å². The van der Waals surface area contributed by atoms with Gasteiger partial charge in [0, 0.05) is 0 Å². The maximum absolute atomic E-state index is 10.3. The standard InChI is InChI=1S/2C24H50O4S.Ca/c2*1-2-3-4-5-6-7-8-9-10-11-12-13-14-15-16-17-18-19-20-21-22-23-24-28-29(25,26)27;/h2*2-24H2,1H3,(H,25,26,27);/q;;+2/p-2. The van der Waals surface area contributed by atoms with Crippen molar-refractivity contribution in [3.8, 4) is 0 Å². The maximum atomic E-state index is 10.3. The SMILES string of the molecule is CCCCCCCCCCCCCCCCCCCCCCCCOS(=O)(=O)[O-].CCCCCCCCCCCCCCCCCCCCCCCCOS(=O)(=O)[O-].[Ca+2]. The van der Waals surface area contributed by atoms with Gasteiger partial charge in [0.2, 0.25) is 20.8 Å². The molecule has 59 heavy (non-hydrogen) atoms. The van der Waals surface area contributed by atoms with Crippen LogP contribution in [0.25, 0.3) is 0 Å². The Morgan fingerprint density at radius 1 is 0.254 bits per heavy atom. The largest absolute Gasteiger partial charge is 2.00 e. The molecule has 352 valence electrons. The first kappa shape index (κ1) is 64.3. The molecule has 8 nitrogen and oxygen atoms in total. The van der Waals surface area contributed by atoms with Crippen LogP contribution in [0.3, 0.4) is 0 Å². The molecule has 0 bridgehead atoms. The summed E-state index contributed by atoms with van der Waals surface area (Å²) < 4.78 is 70.0. The third kappa shape index (κ3) is 68.2. The average molecular weight is 908 g/mol. The van der Waals surface area contributed by atoms with Gasteiger partial charge in [-0.2, -0.15) is 0 Å². The molecular formula is C48H98CaO8S2. The Hall–Kier alpha value is 1.000. The number of hydrogen-bond acceptors (Lipinski definition) is 8. The number of hydrogen-bond donors (Lipinski definition) is 0. The minimum Gasteiger partial charge on any atom is -0.726 e. The van der Waals surface area contributed by atoms with E-state index in [0.717, 1.165) is 25.7 Å². The van der Waals surface area contributed by atoms with Crippen molar-refractivity contribution >= 4 is 58.5 Å². The monoisotopic (exact) mass is 907 g/mol. The Balaban J connectivity index is -0.00000105. The van der Waals surface area contributed by atoms with Gasteiger partial charge in [-0.05, 0) is 12.8 Å². The molecule has 0 saturated heterocycles. The van der Waals surface area contributed by atoms with Gasteiger partial charge in [-0.3, -0.25) is 8.37 Å². The summed E-state index contributed by atoms with van der Waals surface area (Å²) in [5.74, 6) is 0. The van der Waals surface area contributed by atoms with E-state index >= 15 is 0 Å². The van der Waals surface area contributed by atoms with Gasteiger partial charge in [0.25, 0.3) is 0 Å². The summed E-state index contributed by atoms with van der Waals surface area (Å²) in [6.07, 6.45) is 58.2. The van der Waals surface area contributed by atoms with Crippen LogP contribution in [-0.4, -0.2) is 76.9 Å². The molecule has 0 amide bonds. The molecule has 0 aliphatic heterocycles. The van der Waals surface area contributed by atoms with Gasteiger partial charge in [0.05, 0.1) is 13.2 Å². The molecular weight excluding hydrogens is 809 g/mol. The molecule has 0 aromatic carbocycles. The van der Waals surface area contributed by atoms with Crippen LogP contribution >= 0.6 is 0 Å². The Morgan fingerprint density at radius 3 is 0.492 bits per heavy atom. The van der Waals surface area contributed by atoms with Crippen molar-refractivity contribution in [3.05, 3.63) is 0 Å². The zero-order valence-corrected chi connectivity index (χ0v) is 43.2. The van der Waals surface area contributed by atoms with Crippen molar-refractivity contribution in [3.63, 3.8) is 0 Å². The fourth-order valence-corrected chi connectivity index (χ4v) is 8.39. The fraction of sp³-hybridized carbons (Fsp3) is 1.00. The molecule has 0 aromatic heterocycles. The van der Waals surface area contributed by atoms with Crippen LogP contribution in [0.15, 0.2) is 0 Å². The van der Waals surface area contributed by atoms with Gasteiger partial charge in [0.1, 0.15) is 0 Å². The van der Waals surface area contributed by atoms with Crippen LogP contribution < -0.4 is 0 Å². The summed E-state index contributed by atoms with van der Waals surface area (Å²) in [6, 6.07) is 0. The van der Waals surface area contributed by atoms with Gasteiger partial charge in [0.15, 0.2) is 0 Å². The van der Waals surface area contributed by atoms with Crippen LogP contribution in [-0.2, 0) is 29.2 Å². The number of unbranched alkanes of at least 4 members (excludes halogenated alkanes) is 42. The minimum absolute atomic E-state index is 0. The first-order chi connectivity index (χ1) is 28.1. The third-order valence-electron chi connectivity index (χ3n) is 11.5. The Morgan fingerprint density at radius 2 is 0.373 bits per heavy atom. The molecule has 0 fully saturated rings.